The van der Waals surface area contributed by atoms with Crippen LogP contribution in [-0.2, 0) is 0 Å². The molecule has 0 aliphatic heterocycles. The number of nitrogen functional groups attached to an aromatic ring is 1. The smallest absolute Gasteiger partial charge is 0.131 e. The molecule has 1 saturated carbocycles. The molecule has 1 fully saturated rings. The summed E-state index contributed by atoms with van der Waals surface area (Å²) in [7, 11) is 0. The van der Waals surface area contributed by atoms with Crippen LogP contribution in [0.4, 0.5) is 11.6 Å². The van der Waals surface area contributed by atoms with E-state index in [1.54, 1.807) is 6.07 Å². The molecule has 1 aliphatic rings. The molecule has 1 aliphatic carbocycles. The molecule has 0 amide bonds. The number of nitrogens with zero attached hydrogens (tertiary/aromatic N) is 2. The van der Waals surface area contributed by atoms with Crippen LogP contribution in [0.2, 0.25) is 0 Å². The highest BCUT2D eigenvalue weighted by Gasteiger charge is 2.12. The Morgan fingerprint density at radius 2 is 2.06 bits per heavy atom. The third-order valence-electron chi connectivity index (χ3n) is 3.27. The second-order valence-corrected chi connectivity index (χ2v) is 4.55. The predicted octanol–water partition coefficient (Wildman–Crippen LogP) is 2.44. The Kier molecular flexibility index (Phi) is 3.97. The van der Waals surface area contributed by atoms with Crippen molar-refractivity contribution in [3.63, 3.8) is 0 Å². The van der Waals surface area contributed by atoms with Crippen molar-refractivity contribution in [3.05, 3.63) is 12.4 Å². The van der Waals surface area contributed by atoms with E-state index in [1.807, 2.05) is 0 Å². The van der Waals surface area contributed by atoms with E-state index < -0.39 is 0 Å². The fraction of sp³-hybridized carbons (Fsp3) is 0.667. The first-order valence-corrected chi connectivity index (χ1v) is 6.16. The van der Waals surface area contributed by atoms with E-state index in [9.17, 15) is 0 Å². The van der Waals surface area contributed by atoms with Crippen molar-refractivity contribution in [2.45, 2.75) is 38.5 Å². The zero-order chi connectivity index (χ0) is 11.2. The Bertz CT molecular complexity index is 321. The van der Waals surface area contributed by atoms with Gasteiger partial charge in [-0.15, -0.1) is 0 Å². The van der Waals surface area contributed by atoms with Gasteiger partial charge in [0, 0.05) is 12.6 Å². The van der Waals surface area contributed by atoms with Crippen LogP contribution in [0.3, 0.4) is 0 Å². The molecule has 0 unspecified atom stereocenters. The van der Waals surface area contributed by atoms with Gasteiger partial charge < -0.3 is 11.1 Å². The van der Waals surface area contributed by atoms with Crippen LogP contribution in [0.25, 0.3) is 0 Å². The van der Waals surface area contributed by atoms with Crippen LogP contribution >= 0.6 is 0 Å². The highest BCUT2D eigenvalue weighted by molar-refractivity contribution is 5.43. The Balaban J connectivity index is 1.71. The first-order chi connectivity index (χ1) is 7.84. The molecule has 88 valence electrons. The summed E-state index contributed by atoms with van der Waals surface area (Å²) in [6.45, 7) is 0.987. The molecule has 0 saturated heterocycles. The lowest BCUT2D eigenvalue weighted by molar-refractivity contribution is 0.345. The largest absolute Gasteiger partial charge is 0.384 e. The average Bonchev–Trinajstić information content (AvgIpc) is 2.30. The molecule has 3 N–H and O–H groups in total. The minimum absolute atomic E-state index is 0.523. The molecule has 0 spiro atoms. The summed E-state index contributed by atoms with van der Waals surface area (Å²) in [6, 6.07) is 1.78. The molecule has 0 aromatic carbocycles. The first-order valence-electron chi connectivity index (χ1n) is 6.16. The molecule has 16 heavy (non-hydrogen) atoms. The lowest BCUT2D eigenvalue weighted by atomic mass is 9.87. The van der Waals surface area contributed by atoms with E-state index in [0.717, 1.165) is 18.3 Å². The number of rotatable bonds is 4. The summed E-state index contributed by atoms with van der Waals surface area (Å²) in [4.78, 5) is 7.98. The van der Waals surface area contributed by atoms with Gasteiger partial charge in [-0.05, 0) is 12.3 Å². The van der Waals surface area contributed by atoms with Crippen LogP contribution < -0.4 is 11.1 Å². The first kappa shape index (κ1) is 11.2. The third kappa shape index (κ3) is 3.36. The van der Waals surface area contributed by atoms with E-state index in [4.69, 9.17) is 5.73 Å². The molecular weight excluding hydrogens is 200 g/mol. The van der Waals surface area contributed by atoms with Crippen LogP contribution in [0.15, 0.2) is 12.4 Å². The van der Waals surface area contributed by atoms with Crippen LogP contribution in [0.1, 0.15) is 38.5 Å². The van der Waals surface area contributed by atoms with Crippen molar-refractivity contribution in [1.29, 1.82) is 0 Å². The number of nitrogens with one attached hydrogen (secondary N) is 1. The molecule has 4 nitrogen and oxygen atoms in total. The van der Waals surface area contributed by atoms with Crippen molar-refractivity contribution in [2.24, 2.45) is 5.92 Å². The topological polar surface area (TPSA) is 63.8 Å². The van der Waals surface area contributed by atoms with Gasteiger partial charge >= 0.3 is 0 Å². The molecule has 2 rings (SSSR count). The van der Waals surface area contributed by atoms with Gasteiger partial charge in [0.25, 0.3) is 0 Å². The molecule has 0 atom stereocenters. The number of hydrogen-bond acceptors (Lipinski definition) is 4. The third-order valence-corrected chi connectivity index (χ3v) is 3.27. The van der Waals surface area contributed by atoms with Gasteiger partial charge in [-0.1, -0.05) is 32.1 Å². The second kappa shape index (κ2) is 5.68. The number of hydrogen-bond donors (Lipinski definition) is 2. The Hall–Kier alpha value is -1.32. The molecule has 1 aromatic heterocycles. The molecule has 4 heteroatoms. The summed E-state index contributed by atoms with van der Waals surface area (Å²) in [6.07, 6.45) is 9.77. The predicted molar refractivity (Wildman–Crippen MR) is 66.1 cm³/mol. The maximum atomic E-state index is 5.58. The number of nitrogens with two attached hydrogens (primary N) is 1. The fourth-order valence-electron chi connectivity index (χ4n) is 2.35. The van der Waals surface area contributed by atoms with E-state index in [-0.39, 0.29) is 0 Å². The Morgan fingerprint density at radius 1 is 1.25 bits per heavy atom. The standard InChI is InChI=1S/C12H20N4/c13-11-8-12(16-9-15-11)14-7-6-10-4-2-1-3-5-10/h8-10H,1-7H2,(H3,13,14,15,16). The maximum Gasteiger partial charge on any atom is 0.131 e. The maximum absolute atomic E-state index is 5.58. The van der Waals surface area contributed by atoms with Gasteiger partial charge in [0.1, 0.15) is 18.0 Å². The SMILES string of the molecule is Nc1cc(NCCC2CCCCC2)ncn1. The van der Waals surface area contributed by atoms with Crippen molar-refractivity contribution in [3.8, 4) is 0 Å². The van der Waals surface area contributed by atoms with Crippen molar-refractivity contribution < 1.29 is 0 Å². The van der Waals surface area contributed by atoms with E-state index >= 15 is 0 Å². The molecule has 0 radical (unpaired) electrons. The Labute approximate surface area is 96.7 Å². The number of anilines is 2. The van der Waals surface area contributed by atoms with Crippen LogP contribution in [-0.4, -0.2) is 16.5 Å². The highest BCUT2D eigenvalue weighted by atomic mass is 15.0. The molecule has 1 heterocycles. The summed E-state index contributed by atoms with van der Waals surface area (Å²) >= 11 is 0. The van der Waals surface area contributed by atoms with Gasteiger partial charge in [-0.25, -0.2) is 9.97 Å². The Morgan fingerprint density at radius 3 is 2.81 bits per heavy atom. The van der Waals surface area contributed by atoms with Gasteiger partial charge in [0.15, 0.2) is 0 Å². The van der Waals surface area contributed by atoms with Gasteiger partial charge in [0.05, 0.1) is 0 Å². The summed E-state index contributed by atoms with van der Waals surface area (Å²) < 4.78 is 0. The quantitative estimate of drug-likeness (QED) is 0.818. The lowest BCUT2D eigenvalue weighted by Crippen LogP contribution is -2.12. The second-order valence-electron chi connectivity index (χ2n) is 4.55. The summed E-state index contributed by atoms with van der Waals surface area (Å²) in [5, 5.41) is 3.30. The van der Waals surface area contributed by atoms with Crippen LogP contribution in [0.5, 0.6) is 0 Å². The monoisotopic (exact) mass is 220 g/mol. The van der Waals surface area contributed by atoms with E-state index in [1.165, 1.54) is 44.9 Å². The van der Waals surface area contributed by atoms with E-state index in [2.05, 4.69) is 15.3 Å². The average molecular weight is 220 g/mol. The van der Waals surface area contributed by atoms with E-state index in [0.29, 0.717) is 5.82 Å². The van der Waals surface area contributed by atoms with Crippen molar-refractivity contribution >= 4 is 11.6 Å². The molecular formula is C12H20N4. The molecule has 0 bridgehead atoms. The summed E-state index contributed by atoms with van der Waals surface area (Å²) in [5.41, 5.74) is 5.58. The minimum Gasteiger partial charge on any atom is -0.384 e. The van der Waals surface area contributed by atoms with Crippen molar-refractivity contribution in [2.75, 3.05) is 17.6 Å². The van der Waals surface area contributed by atoms with Crippen LogP contribution in [0, 0.1) is 5.92 Å². The zero-order valence-corrected chi connectivity index (χ0v) is 9.65. The minimum atomic E-state index is 0.523. The normalized spacial score (nSPS) is 17.2. The van der Waals surface area contributed by atoms with Gasteiger partial charge in [-0.3, -0.25) is 0 Å². The summed E-state index contributed by atoms with van der Waals surface area (Å²) in [5.74, 6) is 2.26. The fourth-order valence-corrected chi connectivity index (χ4v) is 2.35. The van der Waals surface area contributed by atoms with Gasteiger partial charge in [0.2, 0.25) is 0 Å². The molecule has 1 aromatic rings. The van der Waals surface area contributed by atoms with Gasteiger partial charge in [-0.2, -0.15) is 0 Å². The van der Waals surface area contributed by atoms with Crippen molar-refractivity contribution in [1.82, 2.24) is 9.97 Å². The number of aromatic nitrogens is 2. The zero-order valence-electron chi connectivity index (χ0n) is 9.65. The highest BCUT2D eigenvalue weighted by Crippen LogP contribution is 2.26. The lowest BCUT2D eigenvalue weighted by Gasteiger charge is -2.21.